The molecule has 0 saturated heterocycles. The topological polar surface area (TPSA) is 41.5 Å². The molecule has 0 aliphatic carbocycles. The van der Waals surface area contributed by atoms with Crippen LogP contribution in [-0.4, -0.2) is 30.9 Å². The molecule has 3 nitrogen and oxygen atoms in total. The molecule has 0 aliphatic rings. The minimum Gasteiger partial charge on any atom is -0.389 e. The normalized spacial score (nSPS) is 12.5. The Bertz CT molecular complexity index is 505. The molecule has 0 unspecified atom stereocenters. The molecular weight excluding hydrogens is 298 g/mol. The lowest BCUT2D eigenvalue weighted by atomic mass is 10.0. The van der Waals surface area contributed by atoms with Crippen LogP contribution in [0.25, 0.3) is 0 Å². The Morgan fingerprint density at radius 2 is 1.50 bits per heavy atom. The first-order valence-electron chi connectivity index (χ1n) is 8.91. The monoisotopic (exact) mass is 327 g/mol. The Labute approximate surface area is 145 Å². The fourth-order valence-electron chi connectivity index (χ4n) is 2.68. The highest BCUT2D eigenvalue weighted by atomic mass is 16.5. The van der Waals surface area contributed by atoms with E-state index in [1.54, 1.807) is 0 Å². The molecule has 2 N–H and O–H groups in total. The van der Waals surface area contributed by atoms with Crippen LogP contribution < -0.4 is 5.32 Å². The summed E-state index contributed by atoms with van der Waals surface area (Å²) in [5.41, 5.74) is 2.21. The minimum atomic E-state index is -0.499. The summed E-state index contributed by atoms with van der Waals surface area (Å²) in [5.74, 6) is 0. The van der Waals surface area contributed by atoms with E-state index in [1.165, 1.54) is 12.8 Å². The second kappa shape index (κ2) is 11.0. The van der Waals surface area contributed by atoms with Gasteiger partial charge in [0.25, 0.3) is 0 Å². The molecule has 2 aromatic rings. The SMILES string of the molecule is CCCCCNC[C@H](O)COC(c1ccccc1)c1ccccc1. The van der Waals surface area contributed by atoms with Gasteiger partial charge in [0.15, 0.2) is 0 Å². The molecule has 0 radical (unpaired) electrons. The van der Waals surface area contributed by atoms with Crippen molar-refractivity contribution in [3.63, 3.8) is 0 Å². The van der Waals surface area contributed by atoms with Crippen LogP contribution in [0.5, 0.6) is 0 Å². The number of aliphatic hydroxyl groups is 1. The molecule has 0 spiro atoms. The minimum absolute atomic E-state index is 0.151. The number of rotatable bonds is 11. The fourth-order valence-corrected chi connectivity index (χ4v) is 2.68. The van der Waals surface area contributed by atoms with Crippen molar-refractivity contribution in [1.82, 2.24) is 5.32 Å². The number of unbranched alkanes of at least 4 members (excludes halogenated alkanes) is 2. The third-order valence-electron chi connectivity index (χ3n) is 4.00. The third-order valence-corrected chi connectivity index (χ3v) is 4.00. The van der Waals surface area contributed by atoms with Gasteiger partial charge in [-0.25, -0.2) is 0 Å². The summed E-state index contributed by atoms with van der Waals surface area (Å²) in [7, 11) is 0. The maximum absolute atomic E-state index is 10.2. The summed E-state index contributed by atoms with van der Waals surface area (Å²) >= 11 is 0. The molecule has 2 aromatic carbocycles. The van der Waals surface area contributed by atoms with Gasteiger partial charge in [0.1, 0.15) is 6.10 Å². The third kappa shape index (κ3) is 6.44. The average molecular weight is 327 g/mol. The van der Waals surface area contributed by atoms with E-state index in [0.29, 0.717) is 13.2 Å². The van der Waals surface area contributed by atoms with E-state index in [0.717, 1.165) is 24.1 Å². The second-order valence-electron chi connectivity index (χ2n) is 6.10. The van der Waals surface area contributed by atoms with Gasteiger partial charge >= 0.3 is 0 Å². The highest BCUT2D eigenvalue weighted by Crippen LogP contribution is 2.25. The van der Waals surface area contributed by atoms with Gasteiger partial charge in [-0.3, -0.25) is 0 Å². The van der Waals surface area contributed by atoms with E-state index in [4.69, 9.17) is 4.74 Å². The van der Waals surface area contributed by atoms with Crippen molar-refractivity contribution in [2.75, 3.05) is 19.7 Å². The number of ether oxygens (including phenoxy) is 1. The van der Waals surface area contributed by atoms with Gasteiger partial charge in [-0.05, 0) is 24.1 Å². The molecule has 1 atom stereocenters. The Morgan fingerprint density at radius 1 is 0.917 bits per heavy atom. The Kier molecular flexibility index (Phi) is 8.53. The molecule has 0 amide bonds. The maximum atomic E-state index is 10.2. The van der Waals surface area contributed by atoms with E-state index in [9.17, 15) is 5.11 Å². The molecule has 0 bridgehead atoms. The average Bonchev–Trinajstić information content (AvgIpc) is 2.63. The Balaban J connectivity index is 1.88. The van der Waals surface area contributed by atoms with Crippen molar-refractivity contribution in [3.05, 3.63) is 71.8 Å². The van der Waals surface area contributed by atoms with Crippen LogP contribution in [0.1, 0.15) is 43.4 Å². The molecule has 130 valence electrons. The molecule has 0 saturated carbocycles. The summed E-state index contributed by atoms with van der Waals surface area (Å²) in [6.07, 6.45) is 2.94. The molecule has 24 heavy (non-hydrogen) atoms. The predicted molar refractivity (Wildman–Crippen MR) is 99.1 cm³/mol. The van der Waals surface area contributed by atoms with Gasteiger partial charge in [0.05, 0.1) is 12.7 Å². The van der Waals surface area contributed by atoms with Gasteiger partial charge in [-0.1, -0.05) is 80.4 Å². The summed E-state index contributed by atoms with van der Waals surface area (Å²) in [6, 6.07) is 20.3. The number of nitrogens with one attached hydrogen (secondary N) is 1. The van der Waals surface area contributed by atoms with Gasteiger partial charge < -0.3 is 15.2 Å². The number of benzene rings is 2. The Hall–Kier alpha value is -1.68. The zero-order chi connectivity index (χ0) is 17.0. The lowest BCUT2D eigenvalue weighted by Gasteiger charge is -2.21. The second-order valence-corrected chi connectivity index (χ2v) is 6.10. The highest BCUT2D eigenvalue weighted by molar-refractivity contribution is 5.29. The molecule has 0 aromatic heterocycles. The van der Waals surface area contributed by atoms with Crippen LogP contribution in [0.3, 0.4) is 0 Å². The van der Waals surface area contributed by atoms with Crippen molar-refractivity contribution in [2.24, 2.45) is 0 Å². The van der Waals surface area contributed by atoms with E-state index >= 15 is 0 Å². The van der Waals surface area contributed by atoms with Gasteiger partial charge in [-0.2, -0.15) is 0 Å². The van der Waals surface area contributed by atoms with Crippen molar-refractivity contribution in [1.29, 1.82) is 0 Å². The highest BCUT2D eigenvalue weighted by Gasteiger charge is 2.16. The first kappa shape index (κ1) is 18.7. The summed E-state index contributed by atoms with van der Waals surface area (Å²) in [4.78, 5) is 0. The molecule has 0 aliphatic heterocycles. The van der Waals surface area contributed by atoms with Crippen LogP contribution in [0, 0.1) is 0 Å². The summed E-state index contributed by atoms with van der Waals surface area (Å²) in [5, 5.41) is 13.5. The molecule has 3 heteroatoms. The molecular formula is C21H29NO2. The van der Waals surface area contributed by atoms with E-state index < -0.39 is 6.10 Å². The van der Waals surface area contributed by atoms with Crippen LogP contribution in [0.15, 0.2) is 60.7 Å². The van der Waals surface area contributed by atoms with Crippen molar-refractivity contribution >= 4 is 0 Å². The standard InChI is InChI=1S/C21H29NO2/c1-2-3-10-15-22-16-20(23)17-24-21(18-11-6-4-7-12-18)19-13-8-5-9-14-19/h4-9,11-14,20-23H,2-3,10,15-17H2,1H3/t20-/m0/s1. The number of aliphatic hydroxyl groups excluding tert-OH is 1. The number of hydrogen-bond acceptors (Lipinski definition) is 3. The smallest absolute Gasteiger partial charge is 0.108 e. The van der Waals surface area contributed by atoms with E-state index in [-0.39, 0.29) is 6.10 Å². The van der Waals surface area contributed by atoms with Crippen LogP contribution in [0.2, 0.25) is 0 Å². The lowest BCUT2D eigenvalue weighted by molar-refractivity contribution is 0.00665. The lowest BCUT2D eigenvalue weighted by Crippen LogP contribution is -2.31. The summed E-state index contributed by atoms with van der Waals surface area (Å²) < 4.78 is 6.06. The fraction of sp³-hybridized carbons (Fsp3) is 0.429. The zero-order valence-electron chi connectivity index (χ0n) is 14.5. The van der Waals surface area contributed by atoms with E-state index in [1.807, 2.05) is 36.4 Å². The van der Waals surface area contributed by atoms with E-state index in [2.05, 4.69) is 36.5 Å². The largest absolute Gasteiger partial charge is 0.389 e. The first-order valence-corrected chi connectivity index (χ1v) is 8.91. The van der Waals surface area contributed by atoms with Gasteiger partial charge in [-0.15, -0.1) is 0 Å². The van der Waals surface area contributed by atoms with Crippen LogP contribution >= 0.6 is 0 Å². The quantitative estimate of drug-likeness (QED) is 0.614. The molecule has 0 heterocycles. The summed E-state index contributed by atoms with van der Waals surface area (Å²) in [6.45, 7) is 4.02. The van der Waals surface area contributed by atoms with Crippen molar-refractivity contribution in [2.45, 2.75) is 38.4 Å². The van der Waals surface area contributed by atoms with Crippen molar-refractivity contribution < 1.29 is 9.84 Å². The maximum Gasteiger partial charge on any atom is 0.108 e. The van der Waals surface area contributed by atoms with Gasteiger partial charge in [0.2, 0.25) is 0 Å². The molecule has 0 fully saturated rings. The van der Waals surface area contributed by atoms with Gasteiger partial charge in [0, 0.05) is 6.54 Å². The predicted octanol–water partition coefficient (Wildman–Crippen LogP) is 3.93. The Morgan fingerprint density at radius 3 is 2.04 bits per heavy atom. The molecule has 2 rings (SSSR count). The van der Waals surface area contributed by atoms with Crippen molar-refractivity contribution in [3.8, 4) is 0 Å². The zero-order valence-corrected chi connectivity index (χ0v) is 14.5. The van der Waals surface area contributed by atoms with Crippen LogP contribution in [-0.2, 0) is 4.74 Å². The van der Waals surface area contributed by atoms with Crippen LogP contribution in [0.4, 0.5) is 0 Å². The number of hydrogen-bond donors (Lipinski definition) is 2. The first-order chi connectivity index (χ1) is 11.8.